The highest BCUT2D eigenvalue weighted by atomic mass is 16.5. The maximum Gasteiger partial charge on any atom is 0.0771 e. The van der Waals surface area contributed by atoms with E-state index < -0.39 is 5.60 Å². The van der Waals surface area contributed by atoms with Crippen molar-refractivity contribution in [1.29, 1.82) is 0 Å². The van der Waals surface area contributed by atoms with Crippen LogP contribution >= 0.6 is 0 Å². The molecule has 0 aromatic carbocycles. The van der Waals surface area contributed by atoms with Crippen LogP contribution in [0.25, 0.3) is 0 Å². The molecule has 1 aliphatic carbocycles. The van der Waals surface area contributed by atoms with E-state index >= 15 is 0 Å². The normalized spacial score (nSPS) is 20.2. The Bertz CT molecular complexity index is 177. The van der Waals surface area contributed by atoms with E-state index in [4.69, 9.17) is 4.74 Å². The summed E-state index contributed by atoms with van der Waals surface area (Å²) in [6, 6.07) is 0. The van der Waals surface area contributed by atoms with Gasteiger partial charge in [0.1, 0.15) is 0 Å². The highest BCUT2D eigenvalue weighted by Crippen LogP contribution is 2.27. The molecule has 0 spiro atoms. The third-order valence-corrected chi connectivity index (χ3v) is 3.19. The first kappa shape index (κ1) is 13.9. The summed E-state index contributed by atoms with van der Waals surface area (Å²) in [6.07, 6.45) is 6.90. The molecule has 0 aromatic rings. The molecule has 16 heavy (non-hydrogen) atoms. The van der Waals surface area contributed by atoms with E-state index in [2.05, 4.69) is 19.2 Å². The van der Waals surface area contributed by atoms with Crippen LogP contribution in [0.1, 0.15) is 52.4 Å². The van der Waals surface area contributed by atoms with Crippen LogP contribution in [0, 0.1) is 0 Å². The van der Waals surface area contributed by atoms with Crippen molar-refractivity contribution in [2.24, 2.45) is 0 Å². The first-order valence-corrected chi connectivity index (χ1v) is 6.67. The van der Waals surface area contributed by atoms with Gasteiger partial charge in [-0.25, -0.2) is 0 Å². The highest BCUT2D eigenvalue weighted by molar-refractivity contribution is 4.84. The third kappa shape index (κ3) is 5.83. The van der Waals surface area contributed by atoms with Crippen molar-refractivity contribution in [3.8, 4) is 0 Å². The van der Waals surface area contributed by atoms with E-state index in [-0.39, 0.29) is 0 Å². The Hall–Kier alpha value is -0.120. The van der Waals surface area contributed by atoms with Gasteiger partial charge >= 0.3 is 0 Å². The van der Waals surface area contributed by atoms with Crippen molar-refractivity contribution in [2.45, 2.75) is 64.1 Å². The van der Waals surface area contributed by atoms with E-state index in [9.17, 15) is 5.11 Å². The minimum Gasteiger partial charge on any atom is -0.389 e. The molecule has 3 nitrogen and oxygen atoms in total. The predicted octanol–water partition coefficient (Wildman–Crippen LogP) is 2.09. The maximum atomic E-state index is 10.2. The van der Waals surface area contributed by atoms with Gasteiger partial charge in [0.25, 0.3) is 0 Å². The van der Waals surface area contributed by atoms with Crippen molar-refractivity contribution in [2.75, 3.05) is 19.7 Å². The zero-order chi connectivity index (χ0) is 11.9. The van der Waals surface area contributed by atoms with Gasteiger partial charge < -0.3 is 15.2 Å². The molecule has 2 N–H and O–H groups in total. The van der Waals surface area contributed by atoms with E-state index in [1.807, 2.05) is 0 Å². The summed E-state index contributed by atoms with van der Waals surface area (Å²) in [5.41, 5.74) is -0.433. The quantitative estimate of drug-likeness (QED) is 0.657. The number of ether oxygens (including phenoxy) is 1. The summed E-state index contributed by atoms with van der Waals surface area (Å²) < 4.78 is 5.46. The van der Waals surface area contributed by atoms with E-state index in [1.165, 1.54) is 19.3 Å². The van der Waals surface area contributed by atoms with Gasteiger partial charge in [0.2, 0.25) is 0 Å². The second kappa shape index (κ2) is 7.25. The molecule has 0 saturated heterocycles. The summed E-state index contributed by atoms with van der Waals surface area (Å²) in [7, 11) is 0. The molecular formula is C13H27NO2. The lowest BCUT2D eigenvalue weighted by Gasteiger charge is -2.32. The van der Waals surface area contributed by atoms with Gasteiger partial charge in [-0.05, 0) is 39.7 Å². The molecule has 1 rings (SSSR count). The molecule has 0 atom stereocenters. The van der Waals surface area contributed by atoms with Crippen molar-refractivity contribution in [3.05, 3.63) is 0 Å². The molecule has 96 valence electrons. The van der Waals surface area contributed by atoms with E-state index in [0.717, 1.165) is 39.0 Å². The Labute approximate surface area is 99.6 Å². The Kier molecular flexibility index (Phi) is 6.32. The van der Waals surface area contributed by atoms with Crippen LogP contribution in [-0.4, -0.2) is 36.5 Å². The fourth-order valence-electron chi connectivity index (χ4n) is 2.22. The Balaban J connectivity index is 1.97. The lowest BCUT2D eigenvalue weighted by molar-refractivity contribution is 0.00419. The van der Waals surface area contributed by atoms with Crippen LogP contribution in [-0.2, 0) is 4.74 Å². The summed E-state index contributed by atoms with van der Waals surface area (Å²) in [5.74, 6) is 0. The lowest BCUT2D eigenvalue weighted by atomic mass is 9.85. The molecule has 1 saturated carbocycles. The Morgan fingerprint density at radius 3 is 2.56 bits per heavy atom. The molecule has 3 heteroatoms. The molecule has 0 radical (unpaired) electrons. The predicted molar refractivity (Wildman–Crippen MR) is 66.6 cm³/mol. The molecule has 0 aromatic heterocycles. The van der Waals surface area contributed by atoms with Gasteiger partial charge in [-0.15, -0.1) is 0 Å². The largest absolute Gasteiger partial charge is 0.389 e. The molecule has 0 bridgehead atoms. The van der Waals surface area contributed by atoms with Gasteiger partial charge in [-0.2, -0.15) is 0 Å². The second-order valence-corrected chi connectivity index (χ2v) is 5.23. The molecule has 1 aliphatic rings. The van der Waals surface area contributed by atoms with Crippen LogP contribution < -0.4 is 5.32 Å². The summed E-state index contributed by atoms with van der Waals surface area (Å²) in [6.45, 7) is 6.60. The maximum absolute atomic E-state index is 10.2. The topological polar surface area (TPSA) is 41.5 Å². The van der Waals surface area contributed by atoms with Crippen LogP contribution in [0.2, 0.25) is 0 Å². The molecule has 0 unspecified atom stereocenters. The van der Waals surface area contributed by atoms with Gasteiger partial charge in [0, 0.05) is 13.2 Å². The fourth-order valence-corrected chi connectivity index (χ4v) is 2.22. The molecule has 1 fully saturated rings. The van der Waals surface area contributed by atoms with E-state index in [1.54, 1.807) is 0 Å². The van der Waals surface area contributed by atoms with Crippen molar-refractivity contribution >= 4 is 0 Å². The average Bonchev–Trinajstić information content (AvgIpc) is 2.24. The van der Waals surface area contributed by atoms with Crippen LogP contribution in [0.15, 0.2) is 0 Å². The number of hydrogen-bond donors (Lipinski definition) is 2. The smallest absolute Gasteiger partial charge is 0.0771 e. The van der Waals surface area contributed by atoms with E-state index in [0.29, 0.717) is 6.10 Å². The van der Waals surface area contributed by atoms with Gasteiger partial charge in [0.15, 0.2) is 0 Å². The summed E-state index contributed by atoms with van der Waals surface area (Å²) in [4.78, 5) is 0. The number of aliphatic hydroxyl groups is 1. The summed E-state index contributed by atoms with van der Waals surface area (Å²) >= 11 is 0. The number of nitrogens with one attached hydrogen (secondary N) is 1. The van der Waals surface area contributed by atoms with Crippen LogP contribution in [0.3, 0.4) is 0 Å². The molecule has 0 amide bonds. The van der Waals surface area contributed by atoms with Crippen molar-refractivity contribution in [3.63, 3.8) is 0 Å². The van der Waals surface area contributed by atoms with Gasteiger partial charge in [-0.3, -0.25) is 0 Å². The SMILES string of the molecule is CC(C)OCCCNCC1(O)CCCCC1. The molecule has 0 heterocycles. The standard InChI is InChI=1S/C13H27NO2/c1-12(2)16-10-6-9-14-11-13(15)7-4-3-5-8-13/h12,14-15H,3-11H2,1-2H3. The zero-order valence-corrected chi connectivity index (χ0v) is 10.8. The average molecular weight is 229 g/mol. The van der Waals surface area contributed by atoms with Crippen molar-refractivity contribution in [1.82, 2.24) is 5.32 Å². The number of hydrogen-bond acceptors (Lipinski definition) is 3. The molecular weight excluding hydrogens is 202 g/mol. The first-order chi connectivity index (χ1) is 7.62. The third-order valence-electron chi connectivity index (χ3n) is 3.19. The lowest BCUT2D eigenvalue weighted by Crippen LogP contribution is -2.42. The Morgan fingerprint density at radius 2 is 1.94 bits per heavy atom. The summed E-state index contributed by atoms with van der Waals surface area (Å²) in [5, 5.41) is 13.6. The minimum absolute atomic E-state index is 0.322. The van der Waals surface area contributed by atoms with Gasteiger partial charge in [-0.1, -0.05) is 19.3 Å². The highest BCUT2D eigenvalue weighted by Gasteiger charge is 2.28. The van der Waals surface area contributed by atoms with Crippen LogP contribution in [0.4, 0.5) is 0 Å². The van der Waals surface area contributed by atoms with Crippen LogP contribution in [0.5, 0.6) is 0 Å². The fraction of sp³-hybridized carbons (Fsp3) is 1.00. The van der Waals surface area contributed by atoms with Crippen molar-refractivity contribution < 1.29 is 9.84 Å². The first-order valence-electron chi connectivity index (χ1n) is 6.67. The second-order valence-electron chi connectivity index (χ2n) is 5.23. The Morgan fingerprint density at radius 1 is 1.25 bits per heavy atom. The van der Waals surface area contributed by atoms with Gasteiger partial charge in [0.05, 0.1) is 11.7 Å². The molecule has 0 aliphatic heterocycles. The number of rotatable bonds is 7. The monoisotopic (exact) mass is 229 g/mol. The minimum atomic E-state index is -0.433. The zero-order valence-electron chi connectivity index (χ0n) is 10.8.